The average molecular weight is 345 g/mol. The minimum atomic E-state index is -0.605. The molecule has 2 heterocycles. The molecule has 1 aromatic carbocycles. The summed E-state index contributed by atoms with van der Waals surface area (Å²) in [6, 6.07) is 6.90. The highest BCUT2D eigenvalue weighted by Gasteiger charge is 2.21. The first-order valence-corrected chi connectivity index (χ1v) is 7.91. The summed E-state index contributed by atoms with van der Waals surface area (Å²) >= 11 is 0. The molecule has 0 fully saturated rings. The van der Waals surface area contributed by atoms with Crippen molar-refractivity contribution in [2.75, 3.05) is 20.3 Å². The van der Waals surface area contributed by atoms with Gasteiger partial charge in [0.1, 0.15) is 18.0 Å². The van der Waals surface area contributed by atoms with E-state index in [-0.39, 0.29) is 18.4 Å². The molecule has 1 atom stereocenters. The van der Waals surface area contributed by atoms with E-state index >= 15 is 0 Å². The Morgan fingerprint density at radius 2 is 2.24 bits per heavy atom. The van der Waals surface area contributed by atoms with E-state index in [1.807, 2.05) is 18.2 Å². The molecular formula is C17H19N3O5. The third kappa shape index (κ3) is 4.09. The topological polar surface area (TPSA) is 102 Å². The number of aromatic nitrogens is 2. The van der Waals surface area contributed by atoms with Gasteiger partial charge < -0.3 is 14.8 Å². The average Bonchev–Trinajstić information content (AvgIpc) is 2.61. The number of aromatic amines is 1. The van der Waals surface area contributed by atoms with Crippen LogP contribution in [0, 0.1) is 5.92 Å². The van der Waals surface area contributed by atoms with Crippen molar-refractivity contribution in [1.29, 1.82) is 0 Å². The zero-order valence-corrected chi connectivity index (χ0v) is 13.8. The molecule has 0 saturated heterocycles. The number of H-pyrrole nitrogens is 1. The number of amides is 1. The highest BCUT2D eigenvalue weighted by Crippen LogP contribution is 2.30. The van der Waals surface area contributed by atoms with Crippen LogP contribution in [0.4, 0.5) is 0 Å². The van der Waals surface area contributed by atoms with Gasteiger partial charge in [-0.25, -0.2) is 4.79 Å². The van der Waals surface area contributed by atoms with Crippen LogP contribution in [0.25, 0.3) is 0 Å². The van der Waals surface area contributed by atoms with Crippen molar-refractivity contribution in [2.24, 2.45) is 5.92 Å². The number of fused-ring (bicyclic) bond motifs is 1. The summed E-state index contributed by atoms with van der Waals surface area (Å²) < 4.78 is 12.1. The van der Waals surface area contributed by atoms with E-state index in [9.17, 15) is 14.4 Å². The second-order valence-corrected chi connectivity index (χ2v) is 5.90. The molecule has 1 unspecified atom stereocenters. The van der Waals surface area contributed by atoms with E-state index < -0.39 is 11.2 Å². The SMILES string of the molecule is COc1ccc2c(c1)OCC(CNC(=O)Cn1ccc(=O)[nH]c1=O)C2. The van der Waals surface area contributed by atoms with Gasteiger partial charge in [-0.1, -0.05) is 6.07 Å². The molecule has 0 radical (unpaired) electrons. The highest BCUT2D eigenvalue weighted by molar-refractivity contribution is 5.75. The normalized spacial score (nSPS) is 15.8. The lowest BCUT2D eigenvalue weighted by Gasteiger charge is -2.25. The maximum atomic E-state index is 12.0. The molecule has 1 aliphatic rings. The maximum Gasteiger partial charge on any atom is 0.328 e. The Morgan fingerprint density at radius 1 is 1.40 bits per heavy atom. The van der Waals surface area contributed by atoms with Gasteiger partial charge in [0.05, 0.1) is 13.7 Å². The predicted octanol–water partition coefficient (Wildman–Crippen LogP) is -0.0873. The van der Waals surface area contributed by atoms with Gasteiger partial charge >= 0.3 is 5.69 Å². The smallest absolute Gasteiger partial charge is 0.328 e. The second-order valence-electron chi connectivity index (χ2n) is 5.90. The van der Waals surface area contributed by atoms with E-state index in [2.05, 4.69) is 10.3 Å². The van der Waals surface area contributed by atoms with Crippen molar-refractivity contribution in [3.8, 4) is 11.5 Å². The van der Waals surface area contributed by atoms with Crippen LogP contribution >= 0.6 is 0 Å². The van der Waals surface area contributed by atoms with Crippen LogP contribution in [0.5, 0.6) is 11.5 Å². The van der Waals surface area contributed by atoms with Gasteiger partial charge in [0, 0.05) is 30.8 Å². The third-order valence-electron chi connectivity index (χ3n) is 4.06. The van der Waals surface area contributed by atoms with E-state index in [0.717, 1.165) is 28.1 Å². The fourth-order valence-electron chi connectivity index (χ4n) is 2.71. The zero-order chi connectivity index (χ0) is 17.8. The summed E-state index contributed by atoms with van der Waals surface area (Å²) in [4.78, 5) is 36.7. The number of hydrogen-bond acceptors (Lipinski definition) is 5. The Labute approximate surface area is 143 Å². The number of benzene rings is 1. The number of rotatable bonds is 5. The van der Waals surface area contributed by atoms with E-state index in [1.54, 1.807) is 7.11 Å². The number of nitrogens with zero attached hydrogens (tertiary/aromatic N) is 1. The molecule has 0 aliphatic carbocycles. The quantitative estimate of drug-likeness (QED) is 0.789. The first-order chi connectivity index (χ1) is 12.0. The first-order valence-electron chi connectivity index (χ1n) is 7.91. The number of nitrogens with one attached hydrogen (secondary N) is 2. The molecule has 1 amide bonds. The molecule has 8 heteroatoms. The van der Waals surface area contributed by atoms with Crippen molar-refractivity contribution < 1.29 is 14.3 Å². The summed E-state index contributed by atoms with van der Waals surface area (Å²) in [6.07, 6.45) is 2.09. The lowest BCUT2D eigenvalue weighted by molar-refractivity contribution is -0.122. The minimum Gasteiger partial charge on any atom is -0.497 e. The molecule has 0 spiro atoms. The largest absolute Gasteiger partial charge is 0.497 e. The summed E-state index contributed by atoms with van der Waals surface area (Å²) in [7, 11) is 1.61. The maximum absolute atomic E-state index is 12.0. The number of methoxy groups -OCH3 is 1. The highest BCUT2D eigenvalue weighted by atomic mass is 16.5. The van der Waals surface area contributed by atoms with E-state index in [4.69, 9.17) is 9.47 Å². The summed E-state index contributed by atoms with van der Waals surface area (Å²) in [5.74, 6) is 1.41. The molecule has 2 aromatic rings. The van der Waals surface area contributed by atoms with Gasteiger partial charge in [-0.3, -0.25) is 19.1 Å². The van der Waals surface area contributed by atoms with Gasteiger partial charge in [-0.05, 0) is 18.1 Å². The molecule has 0 saturated carbocycles. The molecule has 25 heavy (non-hydrogen) atoms. The van der Waals surface area contributed by atoms with Crippen LogP contribution in [-0.4, -0.2) is 35.7 Å². The Balaban J connectivity index is 1.54. The number of carbonyl (C=O) groups excluding carboxylic acids is 1. The van der Waals surface area contributed by atoms with Gasteiger partial charge in [0.15, 0.2) is 0 Å². The minimum absolute atomic E-state index is 0.142. The Morgan fingerprint density at radius 3 is 3.00 bits per heavy atom. The van der Waals surface area contributed by atoms with Gasteiger partial charge in [-0.15, -0.1) is 0 Å². The van der Waals surface area contributed by atoms with Crippen molar-refractivity contribution >= 4 is 5.91 Å². The number of carbonyl (C=O) groups is 1. The zero-order valence-electron chi connectivity index (χ0n) is 13.8. The standard InChI is InChI=1S/C17H19N3O5/c1-24-13-3-2-12-6-11(10-25-14(12)7-13)8-18-16(22)9-20-5-4-15(21)19-17(20)23/h2-5,7,11H,6,8-10H2,1H3,(H,18,22)(H,19,21,23). The van der Waals surface area contributed by atoms with Crippen molar-refractivity contribution in [1.82, 2.24) is 14.9 Å². The first kappa shape index (κ1) is 16.8. The van der Waals surface area contributed by atoms with Crippen LogP contribution in [-0.2, 0) is 17.8 Å². The number of ether oxygens (including phenoxy) is 2. The van der Waals surface area contributed by atoms with E-state index in [0.29, 0.717) is 13.2 Å². The Hall–Kier alpha value is -3.03. The van der Waals surface area contributed by atoms with Crippen molar-refractivity contribution in [3.63, 3.8) is 0 Å². The summed E-state index contributed by atoms with van der Waals surface area (Å²) in [5, 5.41) is 2.80. The van der Waals surface area contributed by atoms with E-state index in [1.165, 1.54) is 12.3 Å². The third-order valence-corrected chi connectivity index (χ3v) is 4.06. The van der Waals surface area contributed by atoms with Crippen LogP contribution in [0.3, 0.4) is 0 Å². The fraction of sp³-hybridized carbons (Fsp3) is 0.353. The Kier molecular flexibility index (Phi) is 4.87. The molecule has 1 aromatic heterocycles. The second kappa shape index (κ2) is 7.25. The monoisotopic (exact) mass is 345 g/mol. The molecule has 132 valence electrons. The van der Waals surface area contributed by atoms with Gasteiger partial charge in [0.25, 0.3) is 5.56 Å². The van der Waals surface area contributed by atoms with Crippen LogP contribution in [0.15, 0.2) is 40.1 Å². The summed E-state index contributed by atoms with van der Waals surface area (Å²) in [5.41, 5.74) is -0.0222. The van der Waals surface area contributed by atoms with Gasteiger partial charge in [-0.2, -0.15) is 0 Å². The van der Waals surface area contributed by atoms with Gasteiger partial charge in [0.2, 0.25) is 5.91 Å². The summed E-state index contributed by atoms with van der Waals surface area (Å²) in [6.45, 7) is 0.804. The Bertz CT molecular complexity index is 886. The van der Waals surface area contributed by atoms with Crippen LogP contribution in [0.2, 0.25) is 0 Å². The molecule has 8 nitrogen and oxygen atoms in total. The molecular weight excluding hydrogens is 326 g/mol. The van der Waals surface area contributed by atoms with Crippen molar-refractivity contribution in [3.05, 3.63) is 56.9 Å². The fourth-order valence-corrected chi connectivity index (χ4v) is 2.71. The van der Waals surface area contributed by atoms with Crippen LogP contribution < -0.4 is 26.0 Å². The predicted molar refractivity (Wildman–Crippen MR) is 90.0 cm³/mol. The molecule has 2 N–H and O–H groups in total. The lowest BCUT2D eigenvalue weighted by atomic mass is 9.96. The molecule has 3 rings (SSSR count). The molecule has 0 bridgehead atoms. The molecule has 1 aliphatic heterocycles. The number of hydrogen-bond donors (Lipinski definition) is 2. The van der Waals surface area contributed by atoms with Crippen molar-refractivity contribution in [2.45, 2.75) is 13.0 Å². The lowest BCUT2D eigenvalue weighted by Crippen LogP contribution is -2.39. The van der Waals surface area contributed by atoms with Crippen LogP contribution in [0.1, 0.15) is 5.56 Å².